The van der Waals surface area contributed by atoms with Crippen molar-refractivity contribution < 1.29 is 4.79 Å². The van der Waals surface area contributed by atoms with Crippen LogP contribution in [0.4, 0.5) is 5.69 Å². The molecule has 0 saturated carbocycles. The number of pyridine rings is 1. The highest BCUT2D eigenvalue weighted by Crippen LogP contribution is 2.29. The lowest BCUT2D eigenvalue weighted by Gasteiger charge is -2.10. The molecule has 0 fully saturated rings. The number of benzene rings is 1. The highest BCUT2D eigenvalue weighted by atomic mass is 35.5. The van der Waals surface area contributed by atoms with Crippen LogP contribution in [-0.4, -0.2) is 15.5 Å². The molecule has 1 aromatic carbocycles. The van der Waals surface area contributed by atoms with Crippen molar-refractivity contribution in [3.63, 3.8) is 0 Å². The molecule has 4 nitrogen and oxygen atoms in total. The Hall–Kier alpha value is -2.33. The molecule has 3 rings (SSSR count). The van der Waals surface area contributed by atoms with Crippen molar-refractivity contribution in [3.05, 3.63) is 58.5 Å². The molecule has 0 atom stereocenters. The SMILES string of the molecule is CCn1c(C(=O)Nc2ccnc(C)c2)c(C)c2cc(Cl)ccc21. The smallest absolute Gasteiger partial charge is 0.272 e. The fourth-order valence-electron chi connectivity index (χ4n) is 2.93. The lowest BCUT2D eigenvalue weighted by molar-refractivity contribution is 0.101. The number of aryl methyl sites for hydroxylation is 3. The minimum atomic E-state index is -0.123. The number of carbonyl (C=O) groups excluding carboxylic acids is 1. The molecule has 1 N–H and O–H groups in total. The first-order valence-corrected chi connectivity index (χ1v) is 7.91. The van der Waals surface area contributed by atoms with Gasteiger partial charge in [-0.05, 0) is 56.7 Å². The average Bonchev–Trinajstić information content (AvgIpc) is 2.79. The van der Waals surface area contributed by atoms with Gasteiger partial charge in [0.2, 0.25) is 0 Å². The summed E-state index contributed by atoms with van der Waals surface area (Å²) >= 11 is 6.11. The largest absolute Gasteiger partial charge is 0.337 e. The Balaban J connectivity index is 2.08. The maximum atomic E-state index is 12.8. The van der Waals surface area contributed by atoms with Gasteiger partial charge in [0.15, 0.2) is 0 Å². The van der Waals surface area contributed by atoms with Crippen LogP contribution in [0.3, 0.4) is 0 Å². The quantitative estimate of drug-likeness (QED) is 0.765. The number of nitrogens with one attached hydrogen (secondary N) is 1. The fourth-order valence-corrected chi connectivity index (χ4v) is 3.10. The van der Waals surface area contributed by atoms with Crippen molar-refractivity contribution in [3.8, 4) is 0 Å². The predicted molar refractivity (Wildman–Crippen MR) is 94.3 cm³/mol. The van der Waals surface area contributed by atoms with Crippen LogP contribution in [0.25, 0.3) is 10.9 Å². The molecule has 2 aromatic heterocycles. The number of halogens is 1. The fraction of sp³-hybridized carbons (Fsp3) is 0.222. The summed E-state index contributed by atoms with van der Waals surface area (Å²) in [5, 5.41) is 4.64. The van der Waals surface area contributed by atoms with E-state index in [9.17, 15) is 4.79 Å². The zero-order valence-corrected chi connectivity index (χ0v) is 14.1. The molecule has 1 amide bonds. The summed E-state index contributed by atoms with van der Waals surface area (Å²) in [6, 6.07) is 9.36. The van der Waals surface area contributed by atoms with Crippen LogP contribution in [0.15, 0.2) is 36.5 Å². The highest BCUT2D eigenvalue weighted by molar-refractivity contribution is 6.31. The average molecular weight is 328 g/mol. The molecule has 0 aliphatic rings. The Bertz CT molecular complexity index is 899. The molecule has 0 radical (unpaired) electrons. The number of hydrogen-bond donors (Lipinski definition) is 1. The second-order valence-corrected chi connectivity index (χ2v) is 5.96. The van der Waals surface area contributed by atoms with E-state index in [1.54, 1.807) is 12.3 Å². The first kappa shape index (κ1) is 15.6. The molecule has 118 valence electrons. The minimum absolute atomic E-state index is 0.123. The number of hydrogen-bond acceptors (Lipinski definition) is 2. The number of rotatable bonds is 3. The van der Waals surface area contributed by atoms with E-state index in [4.69, 9.17) is 11.6 Å². The van der Waals surface area contributed by atoms with E-state index in [0.717, 1.165) is 27.8 Å². The molecular formula is C18H18ClN3O. The topological polar surface area (TPSA) is 46.9 Å². The Morgan fingerprint density at radius 3 is 2.74 bits per heavy atom. The van der Waals surface area contributed by atoms with Gasteiger partial charge in [0.1, 0.15) is 5.69 Å². The zero-order chi connectivity index (χ0) is 16.6. The van der Waals surface area contributed by atoms with Gasteiger partial charge >= 0.3 is 0 Å². The second-order valence-electron chi connectivity index (χ2n) is 5.52. The standard InChI is InChI=1S/C18H18ClN3O/c1-4-22-16-6-5-13(19)10-15(16)12(3)17(22)18(23)21-14-7-8-20-11(2)9-14/h5-10H,4H2,1-3H3,(H,20,21,23). The molecule has 2 heterocycles. The normalized spacial score (nSPS) is 11.0. The van der Waals surface area contributed by atoms with Crippen molar-refractivity contribution >= 4 is 34.1 Å². The number of anilines is 1. The van der Waals surface area contributed by atoms with Gasteiger partial charge in [-0.1, -0.05) is 11.6 Å². The predicted octanol–water partition coefficient (Wildman–Crippen LogP) is 4.58. The summed E-state index contributed by atoms with van der Waals surface area (Å²) < 4.78 is 2.02. The third-order valence-electron chi connectivity index (χ3n) is 3.96. The first-order chi connectivity index (χ1) is 11.0. The van der Waals surface area contributed by atoms with Crippen molar-refractivity contribution in [2.75, 3.05) is 5.32 Å². The molecular weight excluding hydrogens is 310 g/mol. The lowest BCUT2D eigenvalue weighted by Crippen LogP contribution is -2.18. The van der Waals surface area contributed by atoms with Crippen LogP contribution in [0.2, 0.25) is 5.02 Å². The second kappa shape index (κ2) is 6.05. The summed E-state index contributed by atoms with van der Waals surface area (Å²) in [5.74, 6) is -0.123. The Morgan fingerprint density at radius 2 is 2.04 bits per heavy atom. The van der Waals surface area contributed by atoms with E-state index < -0.39 is 0 Å². The summed E-state index contributed by atoms with van der Waals surface area (Å²) in [5.41, 5.74) is 4.23. The number of nitrogens with zero attached hydrogens (tertiary/aromatic N) is 2. The van der Waals surface area contributed by atoms with Gasteiger partial charge in [0.25, 0.3) is 5.91 Å². The maximum Gasteiger partial charge on any atom is 0.272 e. The van der Waals surface area contributed by atoms with Crippen molar-refractivity contribution in [1.29, 1.82) is 0 Å². The molecule has 5 heteroatoms. The first-order valence-electron chi connectivity index (χ1n) is 7.53. The summed E-state index contributed by atoms with van der Waals surface area (Å²) in [7, 11) is 0. The van der Waals surface area contributed by atoms with Gasteiger partial charge in [-0.25, -0.2) is 0 Å². The van der Waals surface area contributed by atoms with E-state index in [0.29, 0.717) is 17.3 Å². The van der Waals surface area contributed by atoms with Gasteiger partial charge in [0, 0.05) is 40.0 Å². The summed E-state index contributed by atoms with van der Waals surface area (Å²) in [6.07, 6.45) is 1.69. The van der Waals surface area contributed by atoms with Crippen molar-refractivity contribution in [2.24, 2.45) is 0 Å². The van der Waals surface area contributed by atoms with Crippen molar-refractivity contribution in [1.82, 2.24) is 9.55 Å². The molecule has 23 heavy (non-hydrogen) atoms. The molecule has 0 aliphatic carbocycles. The Kier molecular flexibility index (Phi) is 4.09. The Morgan fingerprint density at radius 1 is 1.26 bits per heavy atom. The molecule has 0 unspecified atom stereocenters. The Labute approximate surface area is 140 Å². The number of fused-ring (bicyclic) bond motifs is 1. The third kappa shape index (κ3) is 2.82. The van der Waals surface area contributed by atoms with Crippen LogP contribution in [0.1, 0.15) is 28.7 Å². The van der Waals surface area contributed by atoms with E-state index in [1.165, 1.54) is 0 Å². The van der Waals surface area contributed by atoms with Gasteiger partial charge in [-0.2, -0.15) is 0 Å². The lowest BCUT2D eigenvalue weighted by atomic mass is 10.1. The molecule has 0 spiro atoms. The third-order valence-corrected chi connectivity index (χ3v) is 4.20. The van der Waals surface area contributed by atoms with Crippen LogP contribution in [0.5, 0.6) is 0 Å². The summed E-state index contributed by atoms with van der Waals surface area (Å²) in [4.78, 5) is 16.9. The maximum absolute atomic E-state index is 12.8. The van der Waals surface area contributed by atoms with E-state index >= 15 is 0 Å². The molecule has 0 aliphatic heterocycles. The van der Waals surface area contributed by atoms with Crippen LogP contribution < -0.4 is 5.32 Å². The molecule has 0 saturated heterocycles. The van der Waals surface area contributed by atoms with Crippen LogP contribution >= 0.6 is 11.6 Å². The van der Waals surface area contributed by atoms with Crippen LogP contribution in [0, 0.1) is 13.8 Å². The minimum Gasteiger partial charge on any atom is -0.337 e. The number of aromatic nitrogens is 2. The number of amides is 1. The molecule has 0 bridgehead atoms. The van der Waals surface area contributed by atoms with Crippen LogP contribution in [-0.2, 0) is 6.54 Å². The summed E-state index contributed by atoms with van der Waals surface area (Å²) in [6.45, 7) is 6.59. The number of carbonyl (C=O) groups is 1. The van der Waals surface area contributed by atoms with Gasteiger partial charge in [-0.3, -0.25) is 9.78 Å². The monoisotopic (exact) mass is 327 g/mol. The van der Waals surface area contributed by atoms with E-state index in [-0.39, 0.29) is 5.91 Å². The zero-order valence-electron chi connectivity index (χ0n) is 13.4. The van der Waals surface area contributed by atoms with Crippen molar-refractivity contribution in [2.45, 2.75) is 27.3 Å². The highest BCUT2D eigenvalue weighted by Gasteiger charge is 2.19. The van der Waals surface area contributed by atoms with Gasteiger partial charge in [0.05, 0.1) is 0 Å². The van der Waals surface area contributed by atoms with E-state index in [1.807, 2.05) is 49.6 Å². The van der Waals surface area contributed by atoms with Gasteiger partial charge in [-0.15, -0.1) is 0 Å². The van der Waals surface area contributed by atoms with Gasteiger partial charge < -0.3 is 9.88 Å². The van der Waals surface area contributed by atoms with E-state index in [2.05, 4.69) is 10.3 Å². The molecule has 3 aromatic rings.